The smallest absolute Gasteiger partial charge is 0.272 e. The number of hydrogen-bond acceptors (Lipinski definition) is 6. The fourth-order valence-electron chi connectivity index (χ4n) is 2.63. The van der Waals surface area contributed by atoms with E-state index in [2.05, 4.69) is 26.7 Å². The van der Waals surface area contributed by atoms with Crippen LogP contribution in [0.4, 0.5) is 5.95 Å². The molecule has 0 saturated carbocycles. The van der Waals surface area contributed by atoms with Crippen molar-refractivity contribution in [3.8, 4) is 10.4 Å². The number of nitrogens with zero attached hydrogens (tertiary/aromatic N) is 3. The van der Waals surface area contributed by atoms with Gasteiger partial charge in [-0.1, -0.05) is 0 Å². The first-order chi connectivity index (χ1) is 12.2. The van der Waals surface area contributed by atoms with Gasteiger partial charge < -0.3 is 5.32 Å². The van der Waals surface area contributed by atoms with Crippen molar-refractivity contribution in [2.75, 3.05) is 11.9 Å². The highest BCUT2D eigenvalue weighted by Crippen LogP contribution is 2.32. The summed E-state index contributed by atoms with van der Waals surface area (Å²) in [5.41, 5.74) is 3.08. The molecule has 0 aliphatic rings. The molecule has 0 aromatic carbocycles. The second-order valence-electron chi connectivity index (χ2n) is 5.67. The third kappa shape index (κ3) is 3.20. The molecule has 1 N–H and O–H groups in total. The van der Waals surface area contributed by atoms with Gasteiger partial charge in [-0.05, 0) is 47.0 Å². The molecule has 126 valence electrons. The molecule has 0 spiro atoms. The van der Waals surface area contributed by atoms with E-state index in [1.807, 2.05) is 23.6 Å². The molecule has 0 amide bonds. The second kappa shape index (κ2) is 6.78. The summed E-state index contributed by atoms with van der Waals surface area (Å²) >= 11 is 3.15. The number of aromatic nitrogens is 3. The number of anilines is 1. The van der Waals surface area contributed by atoms with Crippen LogP contribution in [0.15, 0.2) is 52.2 Å². The Morgan fingerprint density at radius 3 is 2.84 bits per heavy atom. The summed E-state index contributed by atoms with van der Waals surface area (Å²) in [5, 5.41) is 7.40. The fourth-order valence-corrected chi connectivity index (χ4v) is 4.43. The molecule has 4 aromatic rings. The number of hydrogen-bond donors (Lipinski definition) is 1. The van der Waals surface area contributed by atoms with Crippen molar-refractivity contribution in [2.45, 2.75) is 6.42 Å². The van der Waals surface area contributed by atoms with Gasteiger partial charge in [-0.2, -0.15) is 11.3 Å². The van der Waals surface area contributed by atoms with Gasteiger partial charge >= 0.3 is 0 Å². The van der Waals surface area contributed by atoms with Gasteiger partial charge in [0.25, 0.3) is 5.56 Å². The first-order valence-electron chi connectivity index (χ1n) is 7.88. The van der Waals surface area contributed by atoms with Crippen molar-refractivity contribution in [1.29, 1.82) is 0 Å². The molecule has 4 aromatic heterocycles. The van der Waals surface area contributed by atoms with Crippen molar-refractivity contribution in [1.82, 2.24) is 14.5 Å². The highest BCUT2D eigenvalue weighted by Gasteiger charge is 2.13. The Morgan fingerprint density at radius 2 is 2.08 bits per heavy atom. The van der Waals surface area contributed by atoms with Crippen molar-refractivity contribution >= 4 is 38.8 Å². The van der Waals surface area contributed by atoms with Gasteiger partial charge in [0.2, 0.25) is 5.95 Å². The van der Waals surface area contributed by atoms with E-state index in [0.29, 0.717) is 17.2 Å². The molecule has 0 aliphatic heterocycles. The molecule has 0 fully saturated rings. The molecule has 5 nitrogen and oxygen atoms in total. The van der Waals surface area contributed by atoms with Crippen molar-refractivity contribution in [2.24, 2.45) is 7.05 Å². The summed E-state index contributed by atoms with van der Waals surface area (Å²) in [6.45, 7) is 0.706. The van der Waals surface area contributed by atoms with Gasteiger partial charge in [0.1, 0.15) is 4.70 Å². The van der Waals surface area contributed by atoms with E-state index in [9.17, 15) is 4.79 Å². The molecular weight excluding hydrogens is 352 g/mol. The Labute approximate surface area is 152 Å². The zero-order valence-corrected chi connectivity index (χ0v) is 15.2. The number of nitrogens with one attached hydrogen (secondary N) is 1. The van der Waals surface area contributed by atoms with Crippen LogP contribution < -0.4 is 10.9 Å². The highest BCUT2D eigenvalue weighted by molar-refractivity contribution is 7.22. The van der Waals surface area contributed by atoms with Gasteiger partial charge in [-0.3, -0.25) is 14.3 Å². The van der Waals surface area contributed by atoms with Crippen LogP contribution in [-0.4, -0.2) is 21.1 Å². The third-order valence-corrected chi connectivity index (χ3v) is 5.85. The normalized spacial score (nSPS) is 11.1. The van der Waals surface area contributed by atoms with Gasteiger partial charge in [0, 0.05) is 36.4 Å². The lowest BCUT2D eigenvalue weighted by Gasteiger charge is -2.09. The number of pyridine rings is 1. The lowest BCUT2D eigenvalue weighted by Crippen LogP contribution is -2.22. The second-order valence-corrected chi connectivity index (χ2v) is 7.50. The monoisotopic (exact) mass is 368 g/mol. The Hall–Kier alpha value is -2.51. The Morgan fingerprint density at radius 1 is 1.24 bits per heavy atom. The number of rotatable bonds is 5. The summed E-state index contributed by atoms with van der Waals surface area (Å²) in [6.07, 6.45) is 4.42. The molecular formula is C18H16N4OS2. The lowest BCUT2D eigenvalue weighted by atomic mass is 10.2. The van der Waals surface area contributed by atoms with Crippen LogP contribution in [0.5, 0.6) is 0 Å². The van der Waals surface area contributed by atoms with E-state index < -0.39 is 0 Å². The van der Waals surface area contributed by atoms with Gasteiger partial charge in [0.15, 0.2) is 0 Å². The van der Waals surface area contributed by atoms with E-state index in [1.165, 1.54) is 16.9 Å². The minimum absolute atomic E-state index is 0.0112. The minimum atomic E-state index is -0.0112. The molecule has 0 saturated heterocycles. The standard InChI is InChI=1S/C18H16N4OS2/c1-22-17(23)16-14(10-15(25-16)13-5-9-24-11-13)21-18(22)20-8-4-12-2-6-19-7-3-12/h2-3,5-7,9-11H,4,8H2,1H3,(H,20,21). The van der Waals surface area contributed by atoms with Crippen LogP contribution in [0.25, 0.3) is 20.7 Å². The largest absolute Gasteiger partial charge is 0.355 e. The Balaban J connectivity index is 1.61. The SMILES string of the molecule is Cn1c(NCCc2ccncc2)nc2cc(-c3ccsc3)sc2c1=O. The topological polar surface area (TPSA) is 59.8 Å². The summed E-state index contributed by atoms with van der Waals surface area (Å²) in [6, 6.07) is 8.04. The Bertz CT molecular complexity index is 1050. The van der Waals surface area contributed by atoms with Gasteiger partial charge in [0.05, 0.1) is 5.52 Å². The van der Waals surface area contributed by atoms with Gasteiger partial charge in [-0.15, -0.1) is 11.3 Å². The minimum Gasteiger partial charge on any atom is -0.355 e. The summed E-state index contributed by atoms with van der Waals surface area (Å²) in [4.78, 5) is 22.4. The zero-order chi connectivity index (χ0) is 17.2. The maximum atomic E-state index is 12.7. The molecule has 0 aliphatic carbocycles. The fraction of sp³-hybridized carbons (Fsp3) is 0.167. The molecule has 0 atom stereocenters. The average molecular weight is 368 g/mol. The van der Waals surface area contributed by atoms with Crippen LogP contribution in [-0.2, 0) is 13.5 Å². The quantitative estimate of drug-likeness (QED) is 0.582. The average Bonchev–Trinajstić information content (AvgIpc) is 3.29. The molecule has 0 radical (unpaired) electrons. The van der Waals surface area contributed by atoms with Crippen LogP contribution in [0, 0.1) is 0 Å². The predicted octanol–water partition coefficient (Wildman–Crippen LogP) is 3.77. The highest BCUT2D eigenvalue weighted by atomic mass is 32.1. The van der Waals surface area contributed by atoms with Gasteiger partial charge in [-0.25, -0.2) is 4.98 Å². The molecule has 4 heterocycles. The van der Waals surface area contributed by atoms with Crippen LogP contribution in [0.3, 0.4) is 0 Å². The van der Waals surface area contributed by atoms with Crippen molar-refractivity contribution in [3.05, 3.63) is 63.3 Å². The van der Waals surface area contributed by atoms with Crippen LogP contribution in [0.2, 0.25) is 0 Å². The Kier molecular flexibility index (Phi) is 4.33. The molecule has 0 bridgehead atoms. The summed E-state index contributed by atoms with van der Waals surface area (Å²) in [7, 11) is 1.76. The van der Waals surface area contributed by atoms with Crippen LogP contribution >= 0.6 is 22.7 Å². The van der Waals surface area contributed by atoms with Crippen molar-refractivity contribution < 1.29 is 0 Å². The molecule has 0 unspecified atom stereocenters. The lowest BCUT2D eigenvalue weighted by molar-refractivity contribution is 0.835. The summed E-state index contributed by atoms with van der Waals surface area (Å²) < 4.78 is 2.28. The molecule has 7 heteroatoms. The maximum absolute atomic E-state index is 12.7. The van der Waals surface area contributed by atoms with E-state index in [1.54, 1.807) is 35.3 Å². The molecule has 25 heavy (non-hydrogen) atoms. The first kappa shape index (κ1) is 16.0. The summed E-state index contributed by atoms with van der Waals surface area (Å²) in [5.74, 6) is 0.598. The van der Waals surface area contributed by atoms with Crippen molar-refractivity contribution in [3.63, 3.8) is 0 Å². The zero-order valence-electron chi connectivity index (χ0n) is 13.6. The maximum Gasteiger partial charge on any atom is 0.272 e. The van der Waals surface area contributed by atoms with E-state index in [0.717, 1.165) is 22.4 Å². The van der Waals surface area contributed by atoms with E-state index in [4.69, 9.17) is 0 Å². The number of fused-ring (bicyclic) bond motifs is 1. The predicted molar refractivity (Wildman–Crippen MR) is 105 cm³/mol. The molecule has 4 rings (SSSR count). The van der Waals surface area contributed by atoms with E-state index >= 15 is 0 Å². The van der Waals surface area contributed by atoms with Crippen LogP contribution in [0.1, 0.15) is 5.56 Å². The van der Waals surface area contributed by atoms with E-state index in [-0.39, 0.29) is 5.56 Å². The first-order valence-corrected chi connectivity index (χ1v) is 9.64. The number of thiophene rings is 2. The third-order valence-electron chi connectivity index (χ3n) is 4.01.